The first-order chi connectivity index (χ1) is 8.18. The molecule has 2 atom stereocenters. The highest BCUT2D eigenvalue weighted by molar-refractivity contribution is 9.10. The van der Waals surface area contributed by atoms with Crippen molar-refractivity contribution in [3.05, 3.63) is 34.3 Å². The van der Waals surface area contributed by atoms with Gasteiger partial charge in [-0.15, -0.1) is 0 Å². The molecule has 0 bridgehead atoms. The summed E-state index contributed by atoms with van der Waals surface area (Å²) in [5.41, 5.74) is 1.11. The summed E-state index contributed by atoms with van der Waals surface area (Å²) in [4.78, 5) is 12.0. The van der Waals surface area contributed by atoms with E-state index in [0.717, 1.165) is 29.4 Å². The summed E-state index contributed by atoms with van der Waals surface area (Å²) >= 11 is 3.50. The van der Waals surface area contributed by atoms with E-state index in [9.17, 15) is 4.79 Å². The van der Waals surface area contributed by atoms with E-state index in [2.05, 4.69) is 26.6 Å². The lowest BCUT2D eigenvalue weighted by Crippen LogP contribution is -2.41. The van der Waals surface area contributed by atoms with E-state index < -0.39 is 0 Å². The van der Waals surface area contributed by atoms with E-state index >= 15 is 0 Å². The zero-order valence-corrected chi connectivity index (χ0v) is 11.5. The molecule has 1 aliphatic heterocycles. The minimum Gasteiger partial charge on any atom is -0.348 e. The predicted molar refractivity (Wildman–Crippen MR) is 71.7 cm³/mol. The molecular formula is C13H17BrN2O. The highest BCUT2D eigenvalue weighted by atomic mass is 79.9. The Morgan fingerprint density at radius 1 is 1.53 bits per heavy atom. The molecule has 2 N–H and O–H groups in total. The lowest BCUT2D eigenvalue weighted by atomic mass is 10.1. The van der Waals surface area contributed by atoms with Crippen molar-refractivity contribution in [3.8, 4) is 0 Å². The summed E-state index contributed by atoms with van der Waals surface area (Å²) in [6.45, 7) is 2.95. The molecule has 0 unspecified atom stereocenters. The summed E-state index contributed by atoms with van der Waals surface area (Å²) in [6.07, 6.45) is 2.02. The van der Waals surface area contributed by atoms with Gasteiger partial charge < -0.3 is 10.6 Å². The standard InChI is InChI=1S/C13H17BrN2O/c1-9(10-5-2-3-6-11(10)14)16-13(17)12-7-4-8-15-12/h2-3,5-6,9,12,15H,4,7-8H2,1H3,(H,16,17)/t9-,12+/m1/s1. The highest BCUT2D eigenvalue weighted by Gasteiger charge is 2.23. The quantitative estimate of drug-likeness (QED) is 0.899. The zero-order valence-electron chi connectivity index (χ0n) is 9.87. The second-order valence-corrected chi connectivity index (χ2v) is 5.26. The van der Waals surface area contributed by atoms with Gasteiger partial charge in [0.05, 0.1) is 12.1 Å². The van der Waals surface area contributed by atoms with E-state index in [-0.39, 0.29) is 18.0 Å². The predicted octanol–water partition coefficient (Wildman–Crippen LogP) is 2.38. The zero-order chi connectivity index (χ0) is 12.3. The smallest absolute Gasteiger partial charge is 0.237 e. The van der Waals surface area contributed by atoms with E-state index in [1.54, 1.807) is 0 Å². The first kappa shape index (κ1) is 12.6. The molecule has 1 aromatic rings. The largest absolute Gasteiger partial charge is 0.348 e. The van der Waals surface area contributed by atoms with Crippen molar-refractivity contribution >= 4 is 21.8 Å². The van der Waals surface area contributed by atoms with Crippen LogP contribution in [0, 0.1) is 0 Å². The monoisotopic (exact) mass is 296 g/mol. The van der Waals surface area contributed by atoms with Gasteiger partial charge in [0, 0.05) is 4.47 Å². The molecule has 1 heterocycles. The van der Waals surface area contributed by atoms with Gasteiger partial charge in [0.15, 0.2) is 0 Å². The molecule has 0 spiro atoms. The third-order valence-electron chi connectivity index (χ3n) is 3.11. The Kier molecular flexibility index (Phi) is 4.18. The van der Waals surface area contributed by atoms with Gasteiger partial charge in [-0.2, -0.15) is 0 Å². The minimum atomic E-state index is -0.0139. The molecule has 1 aliphatic rings. The van der Waals surface area contributed by atoms with Crippen LogP contribution in [0.15, 0.2) is 28.7 Å². The van der Waals surface area contributed by atoms with Crippen LogP contribution in [0.1, 0.15) is 31.4 Å². The van der Waals surface area contributed by atoms with Crippen LogP contribution >= 0.6 is 15.9 Å². The van der Waals surface area contributed by atoms with Crippen LogP contribution in [-0.2, 0) is 4.79 Å². The SMILES string of the molecule is C[C@@H](NC(=O)[C@@H]1CCCN1)c1ccccc1Br. The average Bonchev–Trinajstić information content (AvgIpc) is 2.82. The average molecular weight is 297 g/mol. The molecule has 1 aromatic carbocycles. The second-order valence-electron chi connectivity index (χ2n) is 4.40. The summed E-state index contributed by atoms with van der Waals surface area (Å²) in [7, 11) is 0. The molecule has 0 aromatic heterocycles. The van der Waals surface area contributed by atoms with Crippen LogP contribution in [-0.4, -0.2) is 18.5 Å². The van der Waals surface area contributed by atoms with Gasteiger partial charge in [0.1, 0.15) is 0 Å². The van der Waals surface area contributed by atoms with Crippen LogP contribution < -0.4 is 10.6 Å². The molecule has 0 saturated carbocycles. The van der Waals surface area contributed by atoms with Gasteiger partial charge in [-0.05, 0) is 37.9 Å². The van der Waals surface area contributed by atoms with E-state index in [4.69, 9.17) is 0 Å². The highest BCUT2D eigenvalue weighted by Crippen LogP contribution is 2.22. The topological polar surface area (TPSA) is 41.1 Å². The van der Waals surface area contributed by atoms with Crippen molar-refractivity contribution in [2.75, 3.05) is 6.54 Å². The number of carbonyl (C=O) groups excluding carboxylic acids is 1. The third kappa shape index (κ3) is 3.07. The van der Waals surface area contributed by atoms with Crippen LogP contribution in [0.25, 0.3) is 0 Å². The Balaban J connectivity index is 1.99. The molecule has 1 amide bonds. The van der Waals surface area contributed by atoms with Gasteiger partial charge in [0.2, 0.25) is 5.91 Å². The molecule has 92 valence electrons. The van der Waals surface area contributed by atoms with Crippen molar-refractivity contribution in [3.63, 3.8) is 0 Å². The van der Waals surface area contributed by atoms with Gasteiger partial charge in [-0.1, -0.05) is 34.1 Å². The molecular weight excluding hydrogens is 280 g/mol. The molecule has 1 saturated heterocycles. The summed E-state index contributed by atoms with van der Waals surface area (Å²) < 4.78 is 1.03. The first-order valence-electron chi connectivity index (χ1n) is 5.96. The number of amides is 1. The Hall–Kier alpha value is -0.870. The van der Waals surface area contributed by atoms with E-state index in [0.29, 0.717) is 0 Å². The van der Waals surface area contributed by atoms with Crippen molar-refractivity contribution in [1.82, 2.24) is 10.6 Å². The Morgan fingerprint density at radius 2 is 2.29 bits per heavy atom. The fourth-order valence-electron chi connectivity index (χ4n) is 2.13. The molecule has 0 aliphatic carbocycles. The lowest BCUT2D eigenvalue weighted by molar-refractivity contribution is -0.123. The fourth-order valence-corrected chi connectivity index (χ4v) is 2.75. The Bertz CT molecular complexity index is 402. The van der Waals surface area contributed by atoms with Gasteiger partial charge in [0.25, 0.3) is 0 Å². The Morgan fingerprint density at radius 3 is 2.94 bits per heavy atom. The van der Waals surface area contributed by atoms with Crippen LogP contribution in [0.4, 0.5) is 0 Å². The normalized spacial score (nSPS) is 21.2. The maximum Gasteiger partial charge on any atom is 0.237 e. The van der Waals surface area contributed by atoms with Crippen molar-refractivity contribution in [2.24, 2.45) is 0 Å². The van der Waals surface area contributed by atoms with E-state index in [1.807, 2.05) is 31.2 Å². The fraction of sp³-hybridized carbons (Fsp3) is 0.462. The molecule has 2 rings (SSSR count). The number of benzene rings is 1. The molecule has 0 radical (unpaired) electrons. The Labute approximate surface area is 110 Å². The maximum atomic E-state index is 12.0. The summed E-state index contributed by atoms with van der Waals surface area (Å²) in [5.74, 6) is 0.103. The van der Waals surface area contributed by atoms with E-state index in [1.165, 1.54) is 0 Å². The maximum absolute atomic E-state index is 12.0. The molecule has 3 nitrogen and oxygen atoms in total. The number of rotatable bonds is 3. The van der Waals surface area contributed by atoms with Crippen molar-refractivity contribution < 1.29 is 4.79 Å². The molecule has 17 heavy (non-hydrogen) atoms. The first-order valence-corrected chi connectivity index (χ1v) is 6.76. The molecule has 1 fully saturated rings. The van der Waals surface area contributed by atoms with Crippen LogP contribution in [0.5, 0.6) is 0 Å². The van der Waals surface area contributed by atoms with Gasteiger partial charge >= 0.3 is 0 Å². The van der Waals surface area contributed by atoms with Crippen LogP contribution in [0.2, 0.25) is 0 Å². The van der Waals surface area contributed by atoms with Gasteiger partial charge in [-0.25, -0.2) is 0 Å². The summed E-state index contributed by atoms with van der Waals surface area (Å²) in [6, 6.07) is 7.99. The molecule has 4 heteroatoms. The third-order valence-corrected chi connectivity index (χ3v) is 3.83. The number of hydrogen-bond donors (Lipinski definition) is 2. The van der Waals surface area contributed by atoms with Crippen molar-refractivity contribution in [2.45, 2.75) is 31.8 Å². The number of nitrogens with one attached hydrogen (secondary N) is 2. The number of halogens is 1. The summed E-state index contributed by atoms with van der Waals surface area (Å²) in [5, 5.41) is 6.25. The van der Waals surface area contributed by atoms with Gasteiger partial charge in [-0.3, -0.25) is 4.79 Å². The van der Waals surface area contributed by atoms with Crippen molar-refractivity contribution in [1.29, 1.82) is 0 Å². The lowest BCUT2D eigenvalue weighted by Gasteiger charge is -2.18. The number of hydrogen-bond acceptors (Lipinski definition) is 2. The number of carbonyl (C=O) groups is 1. The van der Waals surface area contributed by atoms with Crippen LogP contribution in [0.3, 0.4) is 0 Å². The minimum absolute atomic E-state index is 0.0139. The second kappa shape index (κ2) is 5.65.